The molecule has 8 nitrogen and oxygen atoms in total. The van der Waals surface area contributed by atoms with E-state index in [0.29, 0.717) is 0 Å². The van der Waals surface area contributed by atoms with Crippen molar-refractivity contribution in [3.63, 3.8) is 0 Å². The van der Waals surface area contributed by atoms with Gasteiger partial charge in [-0.1, -0.05) is 6.07 Å². The van der Waals surface area contributed by atoms with Crippen LogP contribution in [0.4, 0.5) is 0 Å². The summed E-state index contributed by atoms with van der Waals surface area (Å²) >= 11 is 8.89. The average molecular weight is 569 g/mol. The van der Waals surface area contributed by atoms with Gasteiger partial charge in [-0.2, -0.15) is 0 Å². The quantitative estimate of drug-likeness (QED) is 0.422. The van der Waals surface area contributed by atoms with Gasteiger partial charge < -0.3 is 20.4 Å². The summed E-state index contributed by atoms with van der Waals surface area (Å²) in [5.41, 5.74) is -0.0800. The Bertz CT molecular complexity index is 868. The second-order valence-electron chi connectivity index (χ2n) is 4.70. The first-order valence-corrected chi connectivity index (χ1v) is 9.06. The molecule has 0 spiro atoms. The Balaban J connectivity index is 0.000000271. The van der Waals surface area contributed by atoms with E-state index in [9.17, 15) is 19.2 Å². The number of hydrogen-bond acceptors (Lipinski definition) is 4. The molecule has 0 aliphatic rings. The molecule has 0 bridgehead atoms. The van der Waals surface area contributed by atoms with Crippen molar-refractivity contribution >= 4 is 71.7 Å². The van der Waals surface area contributed by atoms with Crippen LogP contribution in [0.3, 0.4) is 0 Å². The third kappa shape index (κ3) is 5.88. The Morgan fingerprint density at radius 3 is 1.15 bits per heavy atom. The second kappa shape index (κ2) is 9.62. The number of rotatable bonds is 4. The molecule has 2 rings (SSSR count). The number of carboxylic acid groups (broad SMARTS) is 4. The molecule has 0 saturated carbocycles. The number of carbonyl (C=O) groups is 4. The van der Waals surface area contributed by atoms with Crippen LogP contribution in [-0.4, -0.2) is 44.3 Å². The molecule has 0 unspecified atom stereocenters. The zero-order valence-corrected chi connectivity index (χ0v) is 17.7. The van der Waals surface area contributed by atoms with E-state index in [0.717, 1.165) is 0 Å². The van der Waals surface area contributed by atoms with Crippen molar-refractivity contribution in [2.24, 2.45) is 0 Å². The lowest BCUT2D eigenvalue weighted by Crippen LogP contribution is -2.04. The minimum Gasteiger partial charge on any atom is -0.478 e. The van der Waals surface area contributed by atoms with Crippen molar-refractivity contribution in [3.05, 3.63) is 66.0 Å². The largest absolute Gasteiger partial charge is 0.478 e. The molecule has 142 valence electrons. The third-order valence-corrected chi connectivity index (χ3v) is 5.14. The monoisotopic (exact) mass is 566 g/mol. The Hall–Kier alpha value is -2.24. The minimum absolute atomic E-state index is 0.0156. The first-order chi connectivity index (χ1) is 12.5. The van der Waals surface area contributed by atoms with Crippen LogP contribution in [0, 0.1) is 0 Å². The Kier molecular flexibility index (Phi) is 8.13. The topological polar surface area (TPSA) is 149 Å². The highest BCUT2D eigenvalue weighted by atomic mass is 79.9. The molecule has 0 fully saturated rings. The molecule has 0 aliphatic carbocycles. The normalized spacial score (nSPS) is 9.74. The van der Waals surface area contributed by atoms with Gasteiger partial charge in [-0.05, 0) is 72.1 Å². The van der Waals surface area contributed by atoms with E-state index in [1.165, 1.54) is 30.3 Å². The van der Waals surface area contributed by atoms with Gasteiger partial charge in [-0.15, -0.1) is 0 Å². The van der Waals surface area contributed by atoms with Gasteiger partial charge in [0.05, 0.1) is 22.3 Å². The number of benzene rings is 2. The smallest absolute Gasteiger partial charge is 0.336 e. The summed E-state index contributed by atoms with van der Waals surface area (Å²) in [5, 5.41) is 34.7. The zero-order valence-electron chi connectivity index (χ0n) is 12.9. The standard InChI is InChI=1S/C8H4Br2O4.C8H5BrO4/c9-5-1-3(7(11)12)6(10)2-4(5)8(13)14;9-6-4(7(10)11)2-1-3-5(6)8(12)13/h1-2H,(H,11,12)(H,13,14);1-3H,(H,10,11)(H,12,13). The van der Waals surface area contributed by atoms with Crippen LogP contribution < -0.4 is 0 Å². The lowest BCUT2D eigenvalue weighted by atomic mass is 10.1. The highest BCUT2D eigenvalue weighted by molar-refractivity contribution is 9.11. The van der Waals surface area contributed by atoms with Crippen molar-refractivity contribution in [1.82, 2.24) is 0 Å². The van der Waals surface area contributed by atoms with Gasteiger partial charge in [0.1, 0.15) is 0 Å². The number of carboxylic acids is 4. The summed E-state index contributed by atoms with van der Waals surface area (Å²) in [4.78, 5) is 42.5. The molecule has 0 saturated heterocycles. The van der Waals surface area contributed by atoms with E-state index in [4.69, 9.17) is 20.4 Å². The van der Waals surface area contributed by atoms with Gasteiger partial charge in [-0.25, -0.2) is 19.2 Å². The van der Waals surface area contributed by atoms with E-state index in [2.05, 4.69) is 47.8 Å². The molecule has 0 atom stereocenters. The Morgan fingerprint density at radius 1 is 0.593 bits per heavy atom. The lowest BCUT2D eigenvalue weighted by molar-refractivity contribution is 0.0679. The first kappa shape index (κ1) is 22.8. The summed E-state index contributed by atoms with van der Waals surface area (Å²) in [5.74, 6) is -4.55. The minimum atomic E-state index is -1.16. The molecule has 2 aromatic rings. The van der Waals surface area contributed by atoms with E-state index in [1.807, 2.05) is 0 Å². The molecule has 11 heteroatoms. The molecule has 0 amide bonds. The van der Waals surface area contributed by atoms with Crippen molar-refractivity contribution in [2.75, 3.05) is 0 Å². The van der Waals surface area contributed by atoms with Gasteiger partial charge in [-0.3, -0.25) is 0 Å². The van der Waals surface area contributed by atoms with Crippen molar-refractivity contribution in [2.45, 2.75) is 0 Å². The van der Waals surface area contributed by atoms with Crippen molar-refractivity contribution < 1.29 is 39.6 Å². The predicted octanol–water partition coefficient (Wildman–Crippen LogP) is 4.45. The fourth-order valence-electron chi connectivity index (χ4n) is 1.74. The lowest BCUT2D eigenvalue weighted by Gasteiger charge is -2.03. The molecule has 2 aromatic carbocycles. The van der Waals surface area contributed by atoms with E-state index >= 15 is 0 Å². The molecule has 0 aromatic heterocycles. The van der Waals surface area contributed by atoms with Crippen LogP contribution in [0.1, 0.15) is 41.4 Å². The molecule has 4 N–H and O–H groups in total. The van der Waals surface area contributed by atoms with Gasteiger partial charge in [0.15, 0.2) is 0 Å². The maximum absolute atomic E-state index is 10.7. The van der Waals surface area contributed by atoms with Crippen molar-refractivity contribution in [3.8, 4) is 0 Å². The summed E-state index contributed by atoms with van der Waals surface area (Å²) in [6.07, 6.45) is 0. The third-order valence-electron chi connectivity index (χ3n) is 2.98. The molecule has 0 radical (unpaired) electrons. The van der Waals surface area contributed by atoms with Crippen LogP contribution in [0.25, 0.3) is 0 Å². The summed E-state index contributed by atoms with van der Waals surface area (Å²) < 4.78 is 0.575. The maximum Gasteiger partial charge on any atom is 0.336 e. The number of aromatic carboxylic acids is 4. The van der Waals surface area contributed by atoms with E-state index in [-0.39, 0.29) is 35.7 Å². The second-order valence-corrected chi connectivity index (χ2v) is 7.20. The van der Waals surface area contributed by atoms with Gasteiger partial charge in [0.2, 0.25) is 0 Å². The van der Waals surface area contributed by atoms with Crippen LogP contribution in [0.2, 0.25) is 0 Å². The van der Waals surface area contributed by atoms with Crippen LogP contribution >= 0.6 is 47.8 Å². The Morgan fingerprint density at radius 2 is 0.889 bits per heavy atom. The summed E-state index contributed by atoms with van der Waals surface area (Å²) in [6, 6.07) is 6.54. The molecular formula is C16H9Br3O8. The molecule has 27 heavy (non-hydrogen) atoms. The average Bonchev–Trinajstić information content (AvgIpc) is 2.56. The molecule has 0 aliphatic heterocycles. The van der Waals surface area contributed by atoms with Crippen LogP contribution in [-0.2, 0) is 0 Å². The fraction of sp³-hybridized carbons (Fsp3) is 0. The highest BCUT2D eigenvalue weighted by Crippen LogP contribution is 2.26. The Labute approximate surface area is 176 Å². The first-order valence-electron chi connectivity index (χ1n) is 6.68. The van der Waals surface area contributed by atoms with E-state index in [1.54, 1.807) is 0 Å². The molecule has 0 heterocycles. The molecular weight excluding hydrogens is 560 g/mol. The SMILES string of the molecule is O=C(O)c1cc(Br)c(C(=O)O)cc1Br.O=C(O)c1cccc(C(=O)O)c1Br. The van der Waals surface area contributed by atoms with E-state index < -0.39 is 23.9 Å². The number of hydrogen-bond donors (Lipinski definition) is 4. The highest BCUT2D eigenvalue weighted by Gasteiger charge is 2.16. The summed E-state index contributed by atoms with van der Waals surface area (Å²) in [6.45, 7) is 0. The summed E-state index contributed by atoms with van der Waals surface area (Å²) in [7, 11) is 0. The predicted molar refractivity (Wildman–Crippen MR) is 104 cm³/mol. The van der Waals surface area contributed by atoms with Crippen molar-refractivity contribution in [1.29, 1.82) is 0 Å². The van der Waals surface area contributed by atoms with Crippen LogP contribution in [0.5, 0.6) is 0 Å². The van der Waals surface area contributed by atoms with Gasteiger partial charge >= 0.3 is 23.9 Å². The maximum atomic E-state index is 10.7. The van der Waals surface area contributed by atoms with Gasteiger partial charge in [0, 0.05) is 13.4 Å². The zero-order chi connectivity index (χ0) is 20.9. The number of halogens is 3. The fourth-order valence-corrected chi connectivity index (χ4v) is 3.37. The van der Waals surface area contributed by atoms with Crippen LogP contribution in [0.15, 0.2) is 43.7 Å². The van der Waals surface area contributed by atoms with Gasteiger partial charge in [0.25, 0.3) is 0 Å².